The van der Waals surface area contributed by atoms with Gasteiger partial charge in [0, 0.05) is 63.4 Å². The average Bonchev–Trinajstić information content (AvgIpc) is 3.49. The van der Waals surface area contributed by atoms with Crippen molar-refractivity contribution in [1.82, 2.24) is 20.1 Å². The second-order valence-corrected chi connectivity index (χ2v) is 8.77. The summed E-state index contributed by atoms with van der Waals surface area (Å²) in [6.07, 6.45) is 7.09. The molecule has 0 unspecified atom stereocenters. The Bertz CT molecular complexity index is 1380. The molecule has 2 aromatic carbocycles. The number of rotatable bonds is 14. The second-order valence-electron chi connectivity index (χ2n) is 8.77. The first-order chi connectivity index (χ1) is 19.3. The number of nitrogens with zero attached hydrogens (tertiary/aromatic N) is 3. The molecule has 0 aliphatic carbocycles. The Balaban J connectivity index is 1.55. The Morgan fingerprint density at radius 3 is 2.53 bits per heavy atom. The molecule has 2 N–H and O–H groups in total. The quantitative estimate of drug-likeness (QED) is 0.219. The summed E-state index contributed by atoms with van der Waals surface area (Å²) in [6.45, 7) is -1.68. The number of hydrogen-bond donors (Lipinski definition) is 2. The third-order valence-electron chi connectivity index (χ3n) is 5.98. The molecule has 4 aromatic rings. The minimum absolute atomic E-state index is 0.0165. The Morgan fingerprint density at radius 2 is 1.79 bits per heavy atom. The molecular weight excluding hydrogens is 480 g/mol. The number of amides is 1. The van der Waals surface area contributed by atoms with Crippen LogP contribution in [-0.4, -0.2) is 50.2 Å². The van der Waals surface area contributed by atoms with Crippen LogP contribution < -0.4 is 4.74 Å². The van der Waals surface area contributed by atoms with E-state index < -0.39 is 18.4 Å². The largest absolute Gasteiger partial charge is 0.493 e. The van der Waals surface area contributed by atoms with E-state index in [4.69, 9.17) is 12.6 Å². The first-order valence-corrected chi connectivity index (χ1v) is 12.6. The molecule has 4 rings (SSSR count). The van der Waals surface area contributed by atoms with Crippen LogP contribution in [0.3, 0.4) is 0 Å². The minimum atomic E-state index is -2.06. The van der Waals surface area contributed by atoms with E-state index in [0.29, 0.717) is 42.0 Å². The summed E-state index contributed by atoms with van der Waals surface area (Å²) < 4.78 is 23.9. The molecule has 0 radical (unpaired) electrons. The Hall–Kier alpha value is -4.46. The fourth-order valence-electron chi connectivity index (χ4n) is 3.93. The highest BCUT2D eigenvalue weighted by Crippen LogP contribution is 2.23. The molecule has 0 bridgehead atoms. The van der Waals surface area contributed by atoms with E-state index >= 15 is 0 Å². The van der Waals surface area contributed by atoms with E-state index in [2.05, 4.69) is 15.2 Å². The molecule has 8 nitrogen and oxygen atoms in total. The van der Waals surface area contributed by atoms with Crippen LogP contribution in [0.4, 0.5) is 0 Å². The fourth-order valence-corrected chi connectivity index (χ4v) is 3.93. The van der Waals surface area contributed by atoms with Gasteiger partial charge in [0.15, 0.2) is 0 Å². The number of benzene rings is 2. The number of nitrogens with one attached hydrogen (secondary N) is 1. The van der Waals surface area contributed by atoms with Gasteiger partial charge in [0.25, 0.3) is 5.91 Å². The molecule has 38 heavy (non-hydrogen) atoms. The standard InChI is InChI=1S/C30H32N4O4/c35-29(36)11-2-1-7-19-38-28-10-4-3-8-25(28)22-34(18-16-27-9-5-6-17-31-27)30(37)24-14-12-23(13-15-24)26-20-32-33-21-26/h3-6,8-10,12-15,17,20-21H,1-2,7,11,16,18-19,22H2,(H,32,33)(H,35,36)/i18D2. The van der Waals surface area contributed by atoms with Crippen molar-refractivity contribution in [2.24, 2.45) is 0 Å². The predicted octanol–water partition coefficient (Wildman–Crippen LogP) is 5.38. The third-order valence-corrected chi connectivity index (χ3v) is 5.98. The van der Waals surface area contributed by atoms with E-state index in [-0.39, 0.29) is 19.4 Å². The maximum absolute atomic E-state index is 13.8. The van der Waals surface area contributed by atoms with Gasteiger partial charge in [-0.2, -0.15) is 5.10 Å². The average molecular weight is 515 g/mol. The highest BCUT2D eigenvalue weighted by molar-refractivity contribution is 5.94. The van der Waals surface area contributed by atoms with Crippen molar-refractivity contribution in [3.63, 3.8) is 0 Å². The monoisotopic (exact) mass is 514 g/mol. The van der Waals surface area contributed by atoms with Crippen molar-refractivity contribution in [3.05, 3.63) is 102 Å². The van der Waals surface area contributed by atoms with Crippen LogP contribution in [0, 0.1) is 0 Å². The van der Waals surface area contributed by atoms with Gasteiger partial charge in [-0.3, -0.25) is 19.7 Å². The lowest BCUT2D eigenvalue weighted by Crippen LogP contribution is -2.32. The topological polar surface area (TPSA) is 108 Å². The molecule has 1 amide bonds. The number of hydrogen-bond acceptors (Lipinski definition) is 5. The van der Waals surface area contributed by atoms with Gasteiger partial charge in [0.05, 0.1) is 12.8 Å². The van der Waals surface area contributed by atoms with Gasteiger partial charge in [-0.25, -0.2) is 0 Å². The number of H-pyrrole nitrogens is 1. The summed E-state index contributed by atoms with van der Waals surface area (Å²) in [7, 11) is 0. The number of para-hydroxylation sites is 1. The third kappa shape index (κ3) is 7.77. The number of carbonyl (C=O) groups is 2. The van der Waals surface area contributed by atoms with Crippen LogP contribution in [-0.2, 0) is 17.8 Å². The van der Waals surface area contributed by atoms with Crippen LogP contribution in [0.5, 0.6) is 5.75 Å². The normalized spacial score (nSPS) is 11.9. The molecule has 0 saturated heterocycles. The SMILES string of the molecule is [2H]C([2H])(Cc1ccccn1)N(Cc1ccccc1OCCCCCC(=O)O)C(=O)c1ccc(-c2cn[nH]c2)cc1. The van der Waals surface area contributed by atoms with Gasteiger partial charge < -0.3 is 14.7 Å². The van der Waals surface area contributed by atoms with Gasteiger partial charge in [-0.15, -0.1) is 0 Å². The number of carboxylic acids is 1. The summed E-state index contributed by atoms with van der Waals surface area (Å²) in [5.41, 5.74) is 3.33. The number of aromatic amines is 1. The maximum atomic E-state index is 13.8. The highest BCUT2D eigenvalue weighted by atomic mass is 16.5. The lowest BCUT2D eigenvalue weighted by Gasteiger charge is -2.24. The van der Waals surface area contributed by atoms with Crippen molar-refractivity contribution >= 4 is 11.9 Å². The van der Waals surface area contributed by atoms with Crippen molar-refractivity contribution < 1.29 is 22.2 Å². The molecule has 0 aliphatic rings. The number of aromatic nitrogens is 3. The van der Waals surface area contributed by atoms with Gasteiger partial charge in [0.1, 0.15) is 5.75 Å². The molecule has 196 valence electrons. The van der Waals surface area contributed by atoms with Gasteiger partial charge in [-0.05, 0) is 55.2 Å². The van der Waals surface area contributed by atoms with Crippen molar-refractivity contribution in [2.75, 3.05) is 13.1 Å². The fraction of sp³-hybridized carbons (Fsp3) is 0.267. The zero-order chi connectivity index (χ0) is 28.4. The highest BCUT2D eigenvalue weighted by Gasteiger charge is 2.19. The van der Waals surface area contributed by atoms with Crippen LogP contribution >= 0.6 is 0 Å². The Morgan fingerprint density at radius 1 is 0.974 bits per heavy atom. The van der Waals surface area contributed by atoms with E-state index in [9.17, 15) is 9.59 Å². The molecule has 0 saturated carbocycles. The minimum Gasteiger partial charge on any atom is -0.493 e. The smallest absolute Gasteiger partial charge is 0.303 e. The zero-order valence-electron chi connectivity index (χ0n) is 23.0. The lowest BCUT2D eigenvalue weighted by molar-refractivity contribution is -0.137. The van der Waals surface area contributed by atoms with Crippen LogP contribution in [0.1, 0.15) is 50.0 Å². The molecular formula is C30H32N4O4. The summed E-state index contributed by atoms with van der Waals surface area (Å²) in [4.78, 5) is 30.1. The molecule has 2 aromatic heterocycles. The molecule has 8 heteroatoms. The van der Waals surface area contributed by atoms with Crippen molar-refractivity contribution in [2.45, 2.75) is 38.6 Å². The predicted molar refractivity (Wildman–Crippen MR) is 145 cm³/mol. The Kier molecular flexibility index (Phi) is 8.64. The Labute approximate surface area is 225 Å². The van der Waals surface area contributed by atoms with Gasteiger partial charge >= 0.3 is 5.97 Å². The number of aryl methyl sites for hydroxylation is 1. The number of carbonyl (C=O) groups excluding carboxylic acids is 1. The molecule has 0 spiro atoms. The van der Waals surface area contributed by atoms with E-state index in [1.54, 1.807) is 55.0 Å². The molecule has 0 fully saturated rings. The van der Waals surface area contributed by atoms with E-state index in [1.807, 2.05) is 30.3 Å². The molecule has 2 heterocycles. The van der Waals surface area contributed by atoms with Crippen LogP contribution in [0.15, 0.2) is 85.3 Å². The van der Waals surface area contributed by atoms with Gasteiger partial charge in [0.2, 0.25) is 0 Å². The number of aliphatic carboxylic acids is 1. The van der Waals surface area contributed by atoms with Crippen LogP contribution in [0.25, 0.3) is 11.1 Å². The summed E-state index contributed by atoms with van der Waals surface area (Å²) in [6, 6.07) is 19.6. The number of unbranched alkanes of at least 4 members (excludes halogenated alkanes) is 2. The number of carboxylic acid groups (broad SMARTS) is 1. The van der Waals surface area contributed by atoms with Gasteiger partial charge in [-0.1, -0.05) is 36.4 Å². The van der Waals surface area contributed by atoms with E-state index in [0.717, 1.165) is 17.5 Å². The molecule has 0 aliphatic heterocycles. The van der Waals surface area contributed by atoms with Crippen molar-refractivity contribution in [3.8, 4) is 16.9 Å². The number of pyridine rings is 1. The first kappa shape index (κ1) is 23.9. The first-order valence-electron chi connectivity index (χ1n) is 13.6. The second kappa shape index (κ2) is 13.7. The number of ether oxygens (including phenoxy) is 1. The van der Waals surface area contributed by atoms with Crippen LogP contribution in [0.2, 0.25) is 0 Å². The van der Waals surface area contributed by atoms with E-state index in [1.165, 1.54) is 4.90 Å². The van der Waals surface area contributed by atoms with Crippen molar-refractivity contribution in [1.29, 1.82) is 0 Å². The maximum Gasteiger partial charge on any atom is 0.303 e. The summed E-state index contributed by atoms with van der Waals surface area (Å²) in [5, 5.41) is 15.5. The lowest BCUT2D eigenvalue weighted by atomic mass is 10.1. The summed E-state index contributed by atoms with van der Waals surface area (Å²) in [5.74, 6) is -0.710. The zero-order valence-corrected chi connectivity index (χ0v) is 21.0. The summed E-state index contributed by atoms with van der Waals surface area (Å²) >= 11 is 0. The molecule has 0 atom stereocenters.